The zero-order valence-corrected chi connectivity index (χ0v) is 12.9. The lowest BCUT2D eigenvalue weighted by atomic mass is 9.89. The Morgan fingerprint density at radius 3 is 2.35 bits per heavy atom. The van der Waals surface area contributed by atoms with Gasteiger partial charge in [0, 0.05) is 6.54 Å². The van der Waals surface area contributed by atoms with Crippen molar-refractivity contribution in [1.82, 2.24) is 10.6 Å². The van der Waals surface area contributed by atoms with Gasteiger partial charge in [-0.25, -0.2) is 4.79 Å². The summed E-state index contributed by atoms with van der Waals surface area (Å²) in [6.45, 7) is 1.59. The van der Waals surface area contributed by atoms with E-state index in [4.69, 9.17) is 4.74 Å². The van der Waals surface area contributed by atoms with Gasteiger partial charge >= 0.3 is 5.97 Å². The number of ether oxygens (including phenoxy) is 1. The SMILES string of the molecule is COC(=O)C1(NC(=O)C2CCNC2)CCCCCC1.Cl. The van der Waals surface area contributed by atoms with Crippen LogP contribution in [0.3, 0.4) is 0 Å². The smallest absolute Gasteiger partial charge is 0.331 e. The minimum atomic E-state index is -0.787. The number of methoxy groups -OCH3 is 1. The molecule has 0 aromatic heterocycles. The van der Waals surface area contributed by atoms with Crippen molar-refractivity contribution in [1.29, 1.82) is 0 Å². The largest absolute Gasteiger partial charge is 0.467 e. The number of carbonyl (C=O) groups is 2. The number of rotatable bonds is 3. The first kappa shape index (κ1) is 17.2. The summed E-state index contributed by atoms with van der Waals surface area (Å²) >= 11 is 0. The standard InChI is InChI=1S/C14H24N2O3.ClH/c1-19-13(18)14(7-4-2-3-5-8-14)16-12(17)11-6-9-15-10-11;/h11,15H,2-10H2,1H3,(H,16,17);1H. The van der Waals surface area contributed by atoms with Crippen molar-refractivity contribution >= 4 is 24.3 Å². The van der Waals surface area contributed by atoms with Gasteiger partial charge in [-0.1, -0.05) is 25.7 Å². The Morgan fingerprint density at radius 2 is 1.85 bits per heavy atom. The van der Waals surface area contributed by atoms with Crippen molar-refractivity contribution in [3.8, 4) is 0 Å². The molecule has 20 heavy (non-hydrogen) atoms. The second-order valence-electron chi connectivity index (χ2n) is 5.67. The number of esters is 1. The van der Waals surface area contributed by atoms with Gasteiger partial charge in [-0.3, -0.25) is 4.79 Å². The maximum atomic E-state index is 12.3. The Labute approximate surface area is 126 Å². The van der Waals surface area contributed by atoms with Crippen molar-refractivity contribution in [3.05, 3.63) is 0 Å². The molecule has 1 saturated heterocycles. The van der Waals surface area contributed by atoms with Gasteiger partial charge in [0.1, 0.15) is 5.54 Å². The third-order valence-corrected chi connectivity index (χ3v) is 4.33. The van der Waals surface area contributed by atoms with Gasteiger partial charge < -0.3 is 15.4 Å². The van der Waals surface area contributed by atoms with E-state index in [1.54, 1.807) is 0 Å². The quantitative estimate of drug-likeness (QED) is 0.611. The molecule has 0 aromatic rings. The third kappa shape index (κ3) is 3.85. The summed E-state index contributed by atoms with van der Waals surface area (Å²) in [5.41, 5.74) is -0.787. The van der Waals surface area contributed by atoms with Crippen molar-refractivity contribution in [2.75, 3.05) is 20.2 Å². The van der Waals surface area contributed by atoms with Gasteiger partial charge in [0.2, 0.25) is 5.91 Å². The fourth-order valence-electron chi connectivity index (χ4n) is 3.12. The molecule has 116 valence electrons. The number of halogens is 1. The summed E-state index contributed by atoms with van der Waals surface area (Å²) in [5.74, 6) is -0.296. The summed E-state index contributed by atoms with van der Waals surface area (Å²) in [6, 6.07) is 0. The third-order valence-electron chi connectivity index (χ3n) is 4.33. The van der Waals surface area contributed by atoms with Crippen molar-refractivity contribution < 1.29 is 14.3 Å². The van der Waals surface area contributed by atoms with Gasteiger partial charge in [0.25, 0.3) is 0 Å². The van der Waals surface area contributed by atoms with Crippen molar-refractivity contribution in [2.45, 2.75) is 50.5 Å². The van der Waals surface area contributed by atoms with Crippen LogP contribution in [-0.2, 0) is 14.3 Å². The topological polar surface area (TPSA) is 67.4 Å². The average Bonchev–Trinajstić information content (AvgIpc) is 2.86. The minimum Gasteiger partial charge on any atom is -0.467 e. The molecule has 0 spiro atoms. The molecule has 1 heterocycles. The van der Waals surface area contributed by atoms with Gasteiger partial charge in [-0.15, -0.1) is 12.4 Å². The fourth-order valence-corrected chi connectivity index (χ4v) is 3.12. The molecule has 2 aliphatic rings. The van der Waals surface area contributed by atoms with Crippen LogP contribution in [0.2, 0.25) is 0 Å². The van der Waals surface area contributed by atoms with E-state index in [1.807, 2.05) is 0 Å². The number of hydrogen-bond acceptors (Lipinski definition) is 4. The molecule has 5 nitrogen and oxygen atoms in total. The predicted octanol–water partition coefficient (Wildman–Crippen LogP) is 1.40. The Bertz CT molecular complexity index is 335. The van der Waals surface area contributed by atoms with E-state index in [-0.39, 0.29) is 30.2 Å². The molecule has 6 heteroatoms. The van der Waals surface area contributed by atoms with Crippen molar-refractivity contribution in [2.24, 2.45) is 5.92 Å². The molecule has 1 atom stereocenters. The van der Waals surface area contributed by atoms with Crippen LogP contribution in [0.5, 0.6) is 0 Å². The zero-order valence-electron chi connectivity index (χ0n) is 12.1. The maximum Gasteiger partial charge on any atom is 0.331 e. The van der Waals surface area contributed by atoms with E-state index in [0.29, 0.717) is 19.4 Å². The fraction of sp³-hybridized carbons (Fsp3) is 0.857. The number of amides is 1. The molecular weight excluding hydrogens is 280 g/mol. The first-order valence-corrected chi connectivity index (χ1v) is 7.29. The lowest BCUT2D eigenvalue weighted by Gasteiger charge is -2.31. The number of nitrogens with one attached hydrogen (secondary N) is 2. The van der Waals surface area contributed by atoms with E-state index in [0.717, 1.165) is 38.6 Å². The Morgan fingerprint density at radius 1 is 1.20 bits per heavy atom. The van der Waals surface area contributed by atoms with Gasteiger partial charge in [-0.2, -0.15) is 0 Å². The van der Waals surface area contributed by atoms with E-state index >= 15 is 0 Å². The van der Waals surface area contributed by atoms with E-state index in [2.05, 4.69) is 10.6 Å². The summed E-state index contributed by atoms with van der Waals surface area (Å²) in [4.78, 5) is 24.4. The van der Waals surface area contributed by atoms with Crippen LogP contribution in [0.1, 0.15) is 44.9 Å². The van der Waals surface area contributed by atoms with Gasteiger partial charge in [0.05, 0.1) is 13.0 Å². The van der Waals surface area contributed by atoms with E-state index in [1.165, 1.54) is 7.11 Å². The van der Waals surface area contributed by atoms with Crippen LogP contribution < -0.4 is 10.6 Å². The highest BCUT2D eigenvalue weighted by Gasteiger charge is 2.42. The molecule has 2 rings (SSSR count). The Kier molecular flexibility index (Phi) is 6.76. The molecule has 1 unspecified atom stereocenters. The Hall–Kier alpha value is -0.810. The molecule has 2 fully saturated rings. The lowest BCUT2D eigenvalue weighted by Crippen LogP contribution is -2.56. The lowest BCUT2D eigenvalue weighted by molar-refractivity contribution is -0.152. The molecule has 1 aliphatic heterocycles. The molecule has 1 aliphatic carbocycles. The second-order valence-corrected chi connectivity index (χ2v) is 5.67. The van der Waals surface area contributed by atoms with Crippen LogP contribution in [0.4, 0.5) is 0 Å². The average molecular weight is 305 g/mol. The molecule has 1 amide bonds. The van der Waals surface area contributed by atoms with Crippen LogP contribution >= 0.6 is 12.4 Å². The van der Waals surface area contributed by atoms with Crippen LogP contribution in [0.25, 0.3) is 0 Å². The first-order chi connectivity index (χ1) is 9.18. The second kappa shape index (κ2) is 7.84. The normalized spacial score (nSPS) is 25.1. The van der Waals surface area contributed by atoms with E-state index in [9.17, 15) is 9.59 Å². The van der Waals surface area contributed by atoms with Gasteiger partial charge in [-0.05, 0) is 25.8 Å². The molecule has 0 aromatic carbocycles. The van der Waals surface area contributed by atoms with Crippen LogP contribution in [0, 0.1) is 5.92 Å². The molecule has 0 radical (unpaired) electrons. The predicted molar refractivity (Wildman–Crippen MR) is 78.8 cm³/mol. The molecule has 2 N–H and O–H groups in total. The summed E-state index contributed by atoms with van der Waals surface area (Å²) in [5, 5.41) is 6.19. The summed E-state index contributed by atoms with van der Waals surface area (Å²) < 4.78 is 4.94. The van der Waals surface area contributed by atoms with Crippen LogP contribution in [-0.4, -0.2) is 37.6 Å². The Balaban J connectivity index is 0.00000200. The van der Waals surface area contributed by atoms with Crippen molar-refractivity contribution in [3.63, 3.8) is 0 Å². The maximum absolute atomic E-state index is 12.3. The van der Waals surface area contributed by atoms with E-state index < -0.39 is 5.54 Å². The minimum absolute atomic E-state index is 0. The van der Waals surface area contributed by atoms with Crippen LogP contribution in [0.15, 0.2) is 0 Å². The highest BCUT2D eigenvalue weighted by atomic mass is 35.5. The first-order valence-electron chi connectivity index (χ1n) is 7.29. The number of hydrogen-bond donors (Lipinski definition) is 2. The molecule has 1 saturated carbocycles. The highest BCUT2D eigenvalue weighted by Crippen LogP contribution is 2.29. The summed E-state index contributed by atoms with van der Waals surface area (Å²) in [7, 11) is 1.40. The van der Waals surface area contributed by atoms with Gasteiger partial charge in [0.15, 0.2) is 0 Å². The molecule has 0 bridgehead atoms. The summed E-state index contributed by atoms with van der Waals surface area (Å²) in [6.07, 6.45) is 6.44. The highest BCUT2D eigenvalue weighted by molar-refractivity contribution is 5.89. The number of carbonyl (C=O) groups excluding carboxylic acids is 2. The monoisotopic (exact) mass is 304 g/mol. The zero-order chi connectivity index (χ0) is 13.7. The molecular formula is C14H25ClN2O3.